The van der Waals surface area contributed by atoms with Gasteiger partial charge in [-0.15, -0.1) is 0 Å². The smallest absolute Gasteiger partial charge is 0.407 e. The van der Waals surface area contributed by atoms with Crippen molar-refractivity contribution in [2.75, 3.05) is 20.3 Å². The zero-order valence-corrected chi connectivity index (χ0v) is 14.1. The summed E-state index contributed by atoms with van der Waals surface area (Å²) < 4.78 is 33.2. The average Bonchev–Trinajstić information content (AvgIpc) is 2.40. The van der Waals surface area contributed by atoms with Gasteiger partial charge >= 0.3 is 12.2 Å². The van der Waals surface area contributed by atoms with Crippen molar-refractivity contribution in [1.82, 2.24) is 10.6 Å². The van der Waals surface area contributed by atoms with Crippen LogP contribution in [0.2, 0.25) is 0 Å². The lowest BCUT2D eigenvalue weighted by Crippen LogP contribution is -2.50. The topological polar surface area (TPSA) is 76.7 Å². The fourth-order valence-corrected chi connectivity index (χ4v) is 3.58. The molecular formula is C15H26F2N2O4. The molecular weight excluding hydrogens is 310 g/mol. The van der Waals surface area contributed by atoms with Crippen LogP contribution in [-0.4, -0.2) is 44.9 Å². The molecule has 134 valence electrons. The lowest BCUT2D eigenvalue weighted by Gasteiger charge is -2.46. The highest BCUT2D eigenvalue weighted by Crippen LogP contribution is 2.45. The molecule has 0 spiro atoms. The zero-order valence-electron chi connectivity index (χ0n) is 14.1. The molecule has 0 radical (unpaired) electrons. The monoisotopic (exact) mass is 336 g/mol. The number of rotatable bonds is 5. The van der Waals surface area contributed by atoms with Gasteiger partial charge in [-0.3, -0.25) is 0 Å². The first-order valence-electron chi connectivity index (χ1n) is 7.58. The first-order valence-corrected chi connectivity index (χ1v) is 7.58. The molecule has 1 aliphatic rings. The quantitative estimate of drug-likeness (QED) is 0.809. The van der Waals surface area contributed by atoms with E-state index in [0.29, 0.717) is 19.4 Å². The summed E-state index contributed by atoms with van der Waals surface area (Å²) in [7, 11) is 1.30. The molecule has 8 heteroatoms. The fourth-order valence-electron chi connectivity index (χ4n) is 3.58. The third-order valence-corrected chi connectivity index (χ3v) is 3.95. The largest absolute Gasteiger partial charge is 0.453 e. The van der Waals surface area contributed by atoms with Crippen LogP contribution in [0.5, 0.6) is 0 Å². The predicted octanol–water partition coefficient (Wildman–Crippen LogP) is 2.92. The molecule has 2 unspecified atom stereocenters. The Bertz CT molecular complexity index is 432. The standard InChI is InChI=1S/C15H26F2N2O4/c1-14(2)5-10(19-13(21)23-7-11(16)17)6-15(3,8-14)9-18-12(20)22-4/h10-11H,5-9H2,1-4H3,(H,18,20)(H,19,21). The SMILES string of the molecule is COC(=O)NCC1(C)CC(NC(=O)OCC(F)F)CC(C)(C)C1. The number of nitrogens with one attached hydrogen (secondary N) is 2. The molecule has 2 atom stereocenters. The van der Waals surface area contributed by atoms with Crippen LogP contribution in [-0.2, 0) is 9.47 Å². The summed E-state index contributed by atoms with van der Waals surface area (Å²) in [6.07, 6.45) is -1.84. The number of hydrogen-bond donors (Lipinski definition) is 2. The minimum absolute atomic E-state index is 0.0640. The van der Waals surface area contributed by atoms with Crippen LogP contribution in [0.15, 0.2) is 0 Å². The maximum Gasteiger partial charge on any atom is 0.407 e. The molecule has 0 saturated heterocycles. The van der Waals surface area contributed by atoms with E-state index >= 15 is 0 Å². The Labute approximate surface area is 135 Å². The number of ether oxygens (including phenoxy) is 2. The number of amides is 2. The summed E-state index contributed by atoms with van der Waals surface area (Å²) >= 11 is 0. The van der Waals surface area contributed by atoms with Gasteiger partial charge in [-0.05, 0) is 30.1 Å². The van der Waals surface area contributed by atoms with Crippen LogP contribution < -0.4 is 10.6 Å². The van der Waals surface area contributed by atoms with Crippen molar-refractivity contribution in [3.05, 3.63) is 0 Å². The van der Waals surface area contributed by atoms with Gasteiger partial charge in [0.1, 0.15) is 0 Å². The Morgan fingerprint density at radius 3 is 2.43 bits per heavy atom. The van der Waals surface area contributed by atoms with E-state index in [-0.39, 0.29) is 16.9 Å². The Morgan fingerprint density at radius 2 is 1.87 bits per heavy atom. The minimum atomic E-state index is -2.68. The lowest BCUT2D eigenvalue weighted by atomic mass is 9.62. The van der Waals surface area contributed by atoms with Crippen LogP contribution in [0.25, 0.3) is 0 Å². The van der Waals surface area contributed by atoms with Gasteiger partial charge in [0.05, 0.1) is 7.11 Å². The van der Waals surface area contributed by atoms with Gasteiger partial charge in [0.15, 0.2) is 6.61 Å². The third-order valence-electron chi connectivity index (χ3n) is 3.95. The van der Waals surface area contributed by atoms with Crippen LogP contribution in [0.4, 0.5) is 18.4 Å². The van der Waals surface area contributed by atoms with E-state index in [9.17, 15) is 18.4 Å². The molecule has 1 rings (SSSR count). The van der Waals surface area contributed by atoms with Gasteiger partial charge in [0, 0.05) is 12.6 Å². The highest BCUT2D eigenvalue weighted by molar-refractivity contribution is 5.68. The van der Waals surface area contributed by atoms with Crippen LogP contribution in [0, 0.1) is 10.8 Å². The van der Waals surface area contributed by atoms with Crippen molar-refractivity contribution in [3.8, 4) is 0 Å². The highest BCUT2D eigenvalue weighted by Gasteiger charge is 2.42. The van der Waals surface area contributed by atoms with Crippen molar-refractivity contribution in [2.45, 2.75) is 52.5 Å². The normalized spacial score (nSPS) is 26.5. The van der Waals surface area contributed by atoms with Gasteiger partial charge in [0.25, 0.3) is 6.43 Å². The molecule has 0 aromatic heterocycles. The maximum absolute atomic E-state index is 12.1. The number of carbonyl (C=O) groups excluding carboxylic acids is 2. The molecule has 0 aromatic carbocycles. The number of hydrogen-bond acceptors (Lipinski definition) is 4. The van der Waals surface area contributed by atoms with Crippen LogP contribution in [0.3, 0.4) is 0 Å². The fraction of sp³-hybridized carbons (Fsp3) is 0.867. The Kier molecular flexibility index (Phi) is 6.58. The summed E-state index contributed by atoms with van der Waals surface area (Å²) in [4.78, 5) is 22.9. The molecule has 0 bridgehead atoms. The molecule has 6 nitrogen and oxygen atoms in total. The van der Waals surface area contributed by atoms with Crippen molar-refractivity contribution < 1.29 is 27.8 Å². The summed E-state index contributed by atoms with van der Waals surface area (Å²) in [5.41, 5.74) is -0.304. The van der Waals surface area contributed by atoms with E-state index < -0.39 is 25.2 Å². The van der Waals surface area contributed by atoms with Crippen molar-refractivity contribution >= 4 is 12.2 Å². The Balaban J connectivity index is 2.63. The minimum Gasteiger partial charge on any atom is -0.453 e. The van der Waals surface area contributed by atoms with Crippen molar-refractivity contribution in [3.63, 3.8) is 0 Å². The summed E-state index contributed by atoms with van der Waals surface area (Å²) in [5, 5.41) is 5.34. The first kappa shape index (κ1) is 19.4. The van der Waals surface area contributed by atoms with E-state index in [1.165, 1.54) is 7.11 Å². The molecule has 1 saturated carbocycles. The van der Waals surface area contributed by atoms with E-state index in [1.807, 2.05) is 6.92 Å². The van der Waals surface area contributed by atoms with Crippen molar-refractivity contribution in [2.24, 2.45) is 10.8 Å². The number of methoxy groups -OCH3 is 1. The average molecular weight is 336 g/mol. The number of halogens is 2. The van der Waals surface area contributed by atoms with Crippen molar-refractivity contribution in [1.29, 1.82) is 0 Å². The first-order chi connectivity index (χ1) is 10.6. The van der Waals surface area contributed by atoms with Crippen LogP contribution >= 0.6 is 0 Å². The molecule has 0 heterocycles. The summed E-state index contributed by atoms with van der Waals surface area (Å²) in [6, 6.07) is -0.201. The summed E-state index contributed by atoms with van der Waals surface area (Å²) in [5.74, 6) is 0. The Morgan fingerprint density at radius 1 is 1.22 bits per heavy atom. The molecule has 0 aliphatic heterocycles. The highest BCUT2D eigenvalue weighted by atomic mass is 19.3. The van der Waals surface area contributed by atoms with E-state index in [0.717, 1.165) is 6.42 Å². The van der Waals surface area contributed by atoms with Gasteiger partial charge < -0.3 is 20.1 Å². The van der Waals surface area contributed by atoms with Crippen LogP contribution in [0.1, 0.15) is 40.0 Å². The van der Waals surface area contributed by atoms with E-state index in [4.69, 9.17) is 0 Å². The lowest BCUT2D eigenvalue weighted by molar-refractivity contribution is 0.0370. The predicted molar refractivity (Wildman–Crippen MR) is 80.4 cm³/mol. The van der Waals surface area contributed by atoms with Gasteiger partial charge in [-0.1, -0.05) is 20.8 Å². The maximum atomic E-state index is 12.1. The molecule has 1 aliphatic carbocycles. The molecule has 2 amide bonds. The summed E-state index contributed by atoms with van der Waals surface area (Å²) in [6.45, 7) is 5.66. The Hall–Kier alpha value is -1.60. The molecule has 2 N–H and O–H groups in total. The second kappa shape index (κ2) is 7.79. The van der Waals surface area contributed by atoms with Gasteiger partial charge in [0.2, 0.25) is 0 Å². The second-order valence-corrected chi connectivity index (χ2v) is 7.24. The number of carbonyl (C=O) groups is 2. The van der Waals surface area contributed by atoms with Gasteiger partial charge in [-0.25, -0.2) is 18.4 Å². The molecule has 23 heavy (non-hydrogen) atoms. The molecule has 1 fully saturated rings. The van der Waals surface area contributed by atoms with E-state index in [2.05, 4.69) is 34.0 Å². The number of alkyl halides is 2. The van der Waals surface area contributed by atoms with Gasteiger partial charge in [-0.2, -0.15) is 0 Å². The molecule has 0 aromatic rings. The van der Waals surface area contributed by atoms with E-state index in [1.54, 1.807) is 0 Å². The third kappa shape index (κ3) is 7.00. The second-order valence-electron chi connectivity index (χ2n) is 7.24. The zero-order chi connectivity index (χ0) is 17.7. The number of alkyl carbamates (subject to hydrolysis) is 2.